The molecule has 0 N–H and O–H groups in total. The van der Waals surface area contributed by atoms with E-state index in [4.69, 9.17) is 14.2 Å². The van der Waals surface area contributed by atoms with E-state index in [1.54, 1.807) is 0 Å². The highest BCUT2D eigenvalue weighted by Crippen LogP contribution is 2.15. The fourth-order valence-corrected chi connectivity index (χ4v) is 7.35. The first kappa shape index (κ1) is 59.1. The van der Waals surface area contributed by atoms with Crippen molar-refractivity contribution in [1.29, 1.82) is 0 Å². The molecule has 358 valence electrons. The summed E-state index contributed by atoms with van der Waals surface area (Å²) in [5.41, 5.74) is 0. The minimum Gasteiger partial charge on any atom is -0.462 e. The van der Waals surface area contributed by atoms with Gasteiger partial charge in [0.1, 0.15) is 13.2 Å². The SMILES string of the molecule is CC/C=C\C/C=C\C/C=C\C/C=C\C/C=C\CCCCCCCCCC(=O)OCC(COC(=O)CCCCCCCCCCCC)OC(=O)CCCCCCCCCCCCC. The monoisotopic (exact) mass is 867 g/mol. The van der Waals surface area contributed by atoms with Crippen LogP contribution < -0.4 is 0 Å². The Morgan fingerprint density at radius 1 is 0.339 bits per heavy atom. The minimum absolute atomic E-state index is 0.0745. The predicted molar refractivity (Wildman–Crippen MR) is 265 cm³/mol. The Morgan fingerprint density at radius 3 is 0.984 bits per heavy atom. The second kappa shape index (κ2) is 50.8. The second-order valence-corrected chi connectivity index (χ2v) is 17.4. The van der Waals surface area contributed by atoms with Crippen molar-refractivity contribution in [2.45, 2.75) is 264 Å². The van der Waals surface area contributed by atoms with Gasteiger partial charge in [-0.05, 0) is 64.2 Å². The van der Waals surface area contributed by atoms with Crippen LogP contribution in [0.3, 0.4) is 0 Å². The summed E-state index contributed by atoms with van der Waals surface area (Å²) in [7, 11) is 0. The molecule has 0 spiro atoms. The average Bonchev–Trinajstić information content (AvgIpc) is 3.27. The lowest BCUT2D eigenvalue weighted by Gasteiger charge is -2.18. The van der Waals surface area contributed by atoms with Gasteiger partial charge in [-0.2, -0.15) is 0 Å². The van der Waals surface area contributed by atoms with Gasteiger partial charge in [0, 0.05) is 19.3 Å². The molecule has 0 rings (SSSR count). The Labute approximate surface area is 383 Å². The van der Waals surface area contributed by atoms with Crippen LogP contribution in [0, 0.1) is 0 Å². The lowest BCUT2D eigenvalue weighted by Crippen LogP contribution is -2.30. The molecule has 0 fully saturated rings. The molecule has 0 aliphatic heterocycles. The smallest absolute Gasteiger partial charge is 0.306 e. The fourth-order valence-electron chi connectivity index (χ4n) is 7.35. The van der Waals surface area contributed by atoms with Crippen molar-refractivity contribution in [2.24, 2.45) is 0 Å². The number of esters is 3. The lowest BCUT2D eigenvalue weighted by molar-refractivity contribution is -0.167. The molecule has 0 aromatic heterocycles. The molecule has 0 saturated heterocycles. The van der Waals surface area contributed by atoms with E-state index in [2.05, 4.69) is 81.5 Å². The van der Waals surface area contributed by atoms with Crippen molar-refractivity contribution in [3.63, 3.8) is 0 Å². The molecule has 1 unspecified atom stereocenters. The van der Waals surface area contributed by atoms with E-state index in [1.165, 1.54) is 122 Å². The Hall–Kier alpha value is -2.89. The van der Waals surface area contributed by atoms with Crippen LogP contribution in [-0.4, -0.2) is 37.2 Å². The van der Waals surface area contributed by atoms with Crippen molar-refractivity contribution in [1.82, 2.24) is 0 Å². The molecule has 0 aromatic carbocycles. The van der Waals surface area contributed by atoms with Crippen LogP contribution in [0.4, 0.5) is 0 Å². The summed E-state index contributed by atoms with van der Waals surface area (Å²) >= 11 is 0. The standard InChI is InChI=1S/C56H98O6/c1-4-7-10-13-16-19-22-23-24-25-26-27-28-29-30-31-32-33-35-37-40-43-46-49-55(58)61-52-53(51-60-54(57)48-45-42-39-36-21-18-15-12-9-6-3)62-56(59)50-47-44-41-38-34-20-17-14-11-8-5-2/h7,10,16,19,23-24,26-27,29-30,53H,4-6,8-9,11-15,17-18,20-22,25,28,31-52H2,1-3H3/b10-7-,19-16-,24-23-,27-26-,30-29-. The molecule has 0 aliphatic carbocycles. The van der Waals surface area contributed by atoms with Gasteiger partial charge in [0.2, 0.25) is 0 Å². The van der Waals surface area contributed by atoms with Crippen LogP contribution in [0.5, 0.6) is 0 Å². The molecule has 0 aliphatic rings. The maximum absolute atomic E-state index is 12.7. The van der Waals surface area contributed by atoms with E-state index in [1.807, 2.05) is 0 Å². The summed E-state index contributed by atoms with van der Waals surface area (Å²) in [5.74, 6) is -0.882. The molecule has 0 saturated carbocycles. The number of hydrogen-bond donors (Lipinski definition) is 0. The first-order valence-corrected chi connectivity index (χ1v) is 26.3. The first-order chi connectivity index (χ1) is 30.5. The molecule has 62 heavy (non-hydrogen) atoms. The van der Waals surface area contributed by atoms with Gasteiger partial charge in [-0.3, -0.25) is 14.4 Å². The van der Waals surface area contributed by atoms with Gasteiger partial charge in [-0.1, -0.05) is 236 Å². The topological polar surface area (TPSA) is 78.9 Å². The van der Waals surface area contributed by atoms with Gasteiger partial charge in [0.15, 0.2) is 6.10 Å². The maximum atomic E-state index is 12.7. The summed E-state index contributed by atoms with van der Waals surface area (Å²) in [6.07, 6.45) is 62.1. The second-order valence-electron chi connectivity index (χ2n) is 17.4. The van der Waals surface area contributed by atoms with Crippen molar-refractivity contribution in [3.8, 4) is 0 Å². The lowest BCUT2D eigenvalue weighted by atomic mass is 10.1. The Kier molecular flexibility index (Phi) is 48.4. The number of ether oxygens (including phenoxy) is 3. The number of carbonyl (C=O) groups is 3. The van der Waals surface area contributed by atoms with Crippen molar-refractivity contribution in [2.75, 3.05) is 13.2 Å². The summed E-state index contributed by atoms with van der Waals surface area (Å²) < 4.78 is 16.8. The Balaban J connectivity index is 4.26. The molecule has 0 amide bonds. The van der Waals surface area contributed by atoms with Crippen LogP contribution >= 0.6 is 0 Å². The molecule has 0 heterocycles. The predicted octanol–water partition coefficient (Wildman–Crippen LogP) is 17.3. The zero-order chi connectivity index (χ0) is 45.1. The van der Waals surface area contributed by atoms with E-state index in [0.29, 0.717) is 19.3 Å². The van der Waals surface area contributed by atoms with E-state index < -0.39 is 6.10 Å². The molecule has 0 aromatic rings. The number of rotatable bonds is 47. The van der Waals surface area contributed by atoms with Gasteiger partial charge in [0.25, 0.3) is 0 Å². The number of carbonyl (C=O) groups excluding carboxylic acids is 3. The van der Waals surface area contributed by atoms with Gasteiger partial charge in [-0.15, -0.1) is 0 Å². The van der Waals surface area contributed by atoms with Gasteiger partial charge < -0.3 is 14.2 Å². The van der Waals surface area contributed by atoms with Crippen LogP contribution in [0.15, 0.2) is 60.8 Å². The third-order valence-corrected chi connectivity index (χ3v) is 11.3. The summed E-state index contributed by atoms with van der Waals surface area (Å²) in [6.45, 7) is 6.50. The zero-order valence-electron chi connectivity index (χ0n) is 40.9. The maximum Gasteiger partial charge on any atom is 0.306 e. The van der Waals surface area contributed by atoms with E-state index in [0.717, 1.165) is 96.3 Å². The summed E-state index contributed by atoms with van der Waals surface area (Å²) in [4.78, 5) is 37.9. The number of allylic oxidation sites excluding steroid dienone is 10. The van der Waals surface area contributed by atoms with Crippen LogP contribution in [-0.2, 0) is 28.6 Å². The first-order valence-electron chi connectivity index (χ1n) is 26.3. The Morgan fingerprint density at radius 2 is 0.629 bits per heavy atom. The van der Waals surface area contributed by atoms with E-state index in [-0.39, 0.29) is 31.1 Å². The van der Waals surface area contributed by atoms with E-state index in [9.17, 15) is 14.4 Å². The zero-order valence-corrected chi connectivity index (χ0v) is 40.9. The van der Waals surface area contributed by atoms with Crippen molar-refractivity contribution in [3.05, 3.63) is 60.8 Å². The van der Waals surface area contributed by atoms with Crippen molar-refractivity contribution >= 4 is 17.9 Å². The molecule has 6 heteroatoms. The highest BCUT2D eigenvalue weighted by molar-refractivity contribution is 5.71. The third kappa shape index (κ3) is 48.1. The van der Waals surface area contributed by atoms with E-state index >= 15 is 0 Å². The molecule has 6 nitrogen and oxygen atoms in total. The van der Waals surface area contributed by atoms with Gasteiger partial charge in [0.05, 0.1) is 0 Å². The van der Waals surface area contributed by atoms with Crippen LogP contribution in [0.2, 0.25) is 0 Å². The average molecular weight is 867 g/mol. The minimum atomic E-state index is -0.773. The van der Waals surface area contributed by atoms with Crippen molar-refractivity contribution < 1.29 is 28.6 Å². The normalized spacial score (nSPS) is 12.5. The molecular weight excluding hydrogens is 769 g/mol. The molecule has 0 bridgehead atoms. The molecule has 0 radical (unpaired) electrons. The summed E-state index contributed by atoms with van der Waals surface area (Å²) in [6, 6.07) is 0. The number of unbranched alkanes of at least 4 members (excludes halogenated alkanes) is 26. The molecular formula is C56H98O6. The van der Waals surface area contributed by atoms with Crippen LogP contribution in [0.1, 0.15) is 258 Å². The summed E-state index contributed by atoms with van der Waals surface area (Å²) in [5, 5.41) is 0. The number of hydrogen-bond acceptors (Lipinski definition) is 6. The highest BCUT2D eigenvalue weighted by Gasteiger charge is 2.19. The highest BCUT2D eigenvalue weighted by atomic mass is 16.6. The Bertz CT molecular complexity index is 1130. The quantitative estimate of drug-likeness (QED) is 0.0262. The largest absolute Gasteiger partial charge is 0.462 e. The van der Waals surface area contributed by atoms with Gasteiger partial charge >= 0.3 is 17.9 Å². The van der Waals surface area contributed by atoms with Gasteiger partial charge in [-0.25, -0.2) is 0 Å². The molecule has 1 atom stereocenters. The fraction of sp³-hybridized carbons (Fsp3) is 0.768. The third-order valence-electron chi connectivity index (χ3n) is 11.3. The van der Waals surface area contributed by atoms with Crippen LogP contribution in [0.25, 0.3) is 0 Å².